The summed E-state index contributed by atoms with van der Waals surface area (Å²) in [6.07, 6.45) is 7.27. The van der Waals surface area contributed by atoms with E-state index in [1.165, 1.54) is 22.3 Å². The fraction of sp³-hybridized carbons (Fsp3) is 0.0769. The fourth-order valence-corrected chi connectivity index (χ4v) is 4.81. The first kappa shape index (κ1) is 21.8. The first-order valence-electron chi connectivity index (χ1n) is 10.5. The number of hydrogen-bond donors (Lipinski definition) is 0. The van der Waals surface area contributed by atoms with E-state index in [2.05, 4.69) is 16.2 Å². The van der Waals surface area contributed by atoms with Gasteiger partial charge in [-0.1, -0.05) is 54.1 Å². The summed E-state index contributed by atoms with van der Waals surface area (Å²) in [7, 11) is 0. The molecule has 0 spiro atoms. The summed E-state index contributed by atoms with van der Waals surface area (Å²) in [5.41, 5.74) is 4.03. The van der Waals surface area contributed by atoms with Crippen LogP contribution in [0.5, 0.6) is 0 Å². The molecule has 34 heavy (non-hydrogen) atoms. The van der Waals surface area contributed by atoms with Crippen LogP contribution >= 0.6 is 22.9 Å². The van der Waals surface area contributed by atoms with Gasteiger partial charge >= 0.3 is 0 Å². The van der Waals surface area contributed by atoms with E-state index in [0.717, 1.165) is 22.3 Å². The van der Waals surface area contributed by atoms with Crippen molar-refractivity contribution in [1.82, 2.24) is 14.6 Å². The van der Waals surface area contributed by atoms with Crippen LogP contribution in [0.25, 0.3) is 21.3 Å². The number of nitriles is 1. The SMILES string of the molecule is N#CC1=CN(Cc2ccccc2)C=C(/C=N\n2cnc3scc(-c4ccc(Cl)cc4)c3c2=O)C1. The molecule has 6 nitrogen and oxygen atoms in total. The number of fused-ring (bicyclic) bond motifs is 1. The fourth-order valence-electron chi connectivity index (χ4n) is 3.78. The van der Waals surface area contributed by atoms with Gasteiger partial charge in [0.15, 0.2) is 0 Å². The molecular weight excluding hydrogens is 466 g/mol. The largest absolute Gasteiger partial charge is 0.349 e. The van der Waals surface area contributed by atoms with Crippen molar-refractivity contribution >= 4 is 39.4 Å². The Labute approximate surface area is 205 Å². The van der Waals surface area contributed by atoms with Gasteiger partial charge in [0.25, 0.3) is 5.56 Å². The minimum absolute atomic E-state index is 0.249. The lowest BCUT2D eigenvalue weighted by molar-refractivity contribution is 0.487. The third-order valence-corrected chi connectivity index (χ3v) is 6.52. The van der Waals surface area contributed by atoms with Crippen molar-refractivity contribution < 1.29 is 0 Å². The van der Waals surface area contributed by atoms with Crippen LogP contribution < -0.4 is 5.56 Å². The Bertz CT molecular complexity index is 1540. The lowest BCUT2D eigenvalue weighted by Gasteiger charge is -2.21. The molecule has 1 aliphatic rings. The maximum absolute atomic E-state index is 13.2. The van der Waals surface area contributed by atoms with Gasteiger partial charge in [-0.05, 0) is 28.8 Å². The summed E-state index contributed by atoms with van der Waals surface area (Å²) in [5, 5.41) is 16.9. The predicted molar refractivity (Wildman–Crippen MR) is 137 cm³/mol. The molecule has 0 bridgehead atoms. The molecule has 4 aromatic rings. The Kier molecular flexibility index (Phi) is 6.09. The van der Waals surface area contributed by atoms with E-state index in [0.29, 0.717) is 33.8 Å². The Morgan fingerprint density at radius 2 is 1.94 bits per heavy atom. The van der Waals surface area contributed by atoms with Crippen LogP contribution in [0, 0.1) is 11.3 Å². The molecule has 2 aromatic heterocycles. The highest BCUT2D eigenvalue weighted by Crippen LogP contribution is 2.31. The number of rotatable bonds is 5. The summed E-state index contributed by atoms with van der Waals surface area (Å²) in [5.74, 6) is 0. The van der Waals surface area contributed by atoms with Gasteiger partial charge in [-0.15, -0.1) is 11.3 Å². The number of halogens is 1. The summed E-state index contributed by atoms with van der Waals surface area (Å²) < 4.78 is 1.24. The second-order valence-electron chi connectivity index (χ2n) is 7.78. The normalized spacial score (nSPS) is 13.7. The van der Waals surface area contributed by atoms with Crippen LogP contribution in [-0.4, -0.2) is 20.8 Å². The second kappa shape index (κ2) is 9.48. The van der Waals surface area contributed by atoms with Crippen molar-refractivity contribution in [3.63, 3.8) is 0 Å². The molecule has 166 valence electrons. The quantitative estimate of drug-likeness (QED) is 0.336. The average Bonchev–Trinajstić information content (AvgIpc) is 3.29. The molecule has 0 N–H and O–H groups in total. The third-order valence-electron chi connectivity index (χ3n) is 5.38. The monoisotopic (exact) mass is 483 g/mol. The molecule has 0 saturated heterocycles. The zero-order chi connectivity index (χ0) is 23.5. The van der Waals surface area contributed by atoms with Crippen molar-refractivity contribution in [2.75, 3.05) is 0 Å². The standard InChI is InChI=1S/C26H18ClN5OS/c27-22-8-6-21(7-9-22)23-16-34-25-24(23)26(33)32(17-29-25)30-12-20-10-19(11-28)14-31(15-20)13-18-4-2-1-3-5-18/h1-9,12,14-17H,10,13H2/b30-12-. The van der Waals surface area contributed by atoms with Crippen LogP contribution in [0.2, 0.25) is 5.02 Å². The van der Waals surface area contributed by atoms with Gasteiger partial charge in [-0.3, -0.25) is 4.79 Å². The van der Waals surface area contributed by atoms with Crippen LogP contribution in [0.15, 0.2) is 99.7 Å². The van der Waals surface area contributed by atoms with E-state index < -0.39 is 0 Å². The Balaban J connectivity index is 1.46. The summed E-state index contributed by atoms with van der Waals surface area (Å²) in [4.78, 5) is 20.3. The predicted octanol–water partition coefficient (Wildman–Crippen LogP) is 5.81. The average molecular weight is 484 g/mol. The molecule has 1 aliphatic heterocycles. The number of hydrogen-bond acceptors (Lipinski definition) is 6. The summed E-state index contributed by atoms with van der Waals surface area (Å²) >= 11 is 7.43. The van der Waals surface area contributed by atoms with E-state index in [1.807, 2.05) is 65.1 Å². The molecule has 8 heteroatoms. The molecule has 5 rings (SSSR count). The highest BCUT2D eigenvalue weighted by molar-refractivity contribution is 7.17. The summed E-state index contributed by atoms with van der Waals surface area (Å²) in [6.45, 7) is 0.635. The van der Waals surface area contributed by atoms with Gasteiger partial charge in [0.1, 0.15) is 11.2 Å². The highest BCUT2D eigenvalue weighted by atomic mass is 35.5. The number of thiophene rings is 1. The first-order valence-corrected chi connectivity index (χ1v) is 11.8. The van der Waals surface area contributed by atoms with E-state index in [9.17, 15) is 10.1 Å². The maximum atomic E-state index is 13.2. The lowest BCUT2D eigenvalue weighted by atomic mass is 10.1. The molecule has 0 saturated carbocycles. The van der Waals surface area contributed by atoms with E-state index >= 15 is 0 Å². The van der Waals surface area contributed by atoms with E-state index in [-0.39, 0.29) is 5.56 Å². The van der Waals surface area contributed by atoms with Crippen molar-refractivity contribution in [3.05, 3.63) is 111 Å². The number of nitrogens with zero attached hydrogens (tertiary/aromatic N) is 5. The van der Waals surface area contributed by atoms with Crippen molar-refractivity contribution in [2.45, 2.75) is 13.0 Å². The van der Waals surface area contributed by atoms with Gasteiger partial charge in [0, 0.05) is 41.3 Å². The van der Waals surface area contributed by atoms with Gasteiger partial charge in [-0.25, -0.2) is 4.98 Å². The summed E-state index contributed by atoms with van der Waals surface area (Å²) in [6, 6.07) is 19.6. The molecule has 0 fully saturated rings. The molecular formula is C26H18ClN5OS. The van der Waals surface area contributed by atoms with Crippen LogP contribution in [-0.2, 0) is 6.54 Å². The van der Waals surface area contributed by atoms with Crippen molar-refractivity contribution in [3.8, 4) is 17.2 Å². The minimum atomic E-state index is -0.249. The topological polar surface area (TPSA) is 74.3 Å². The Hall–Kier alpha value is -3.99. The molecule has 0 atom stereocenters. The van der Waals surface area contributed by atoms with Crippen molar-refractivity contribution in [1.29, 1.82) is 5.26 Å². The van der Waals surface area contributed by atoms with E-state index in [4.69, 9.17) is 11.6 Å². The number of allylic oxidation sites excluding steroid dienone is 2. The van der Waals surface area contributed by atoms with Crippen LogP contribution in [0.4, 0.5) is 0 Å². The van der Waals surface area contributed by atoms with E-state index in [1.54, 1.807) is 18.3 Å². The zero-order valence-electron chi connectivity index (χ0n) is 17.9. The Morgan fingerprint density at radius 3 is 2.71 bits per heavy atom. The number of aromatic nitrogens is 2. The highest BCUT2D eigenvalue weighted by Gasteiger charge is 2.14. The zero-order valence-corrected chi connectivity index (χ0v) is 19.5. The van der Waals surface area contributed by atoms with Gasteiger partial charge < -0.3 is 4.90 Å². The Morgan fingerprint density at radius 1 is 1.15 bits per heavy atom. The van der Waals surface area contributed by atoms with Crippen LogP contribution in [0.3, 0.4) is 0 Å². The molecule has 2 aromatic carbocycles. The second-order valence-corrected chi connectivity index (χ2v) is 9.07. The van der Waals surface area contributed by atoms with Gasteiger partial charge in [-0.2, -0.15) is 15.0 Å². The minimum Gasteiger partial charge on any atom is -0.349 e. The smallest absolute Gasteiger partial charge is 0.283 e. The number of benzene rings is 2. The first-order chi connectivity index (χ1) is 16.6. The molecule has 0 radical (unpaired) electrons. The molecule has 0 amide bonds. The lowest BCUT2D eigenvalue weighted by Crippen LogP contribution is -2.18. The van der Waals surface area contributed by atoms with Crippen molar-refractivity contribution in [2.24, 2.45) is 5.10 Å². The molecule has 0 aliphatic carbocycles. The van der Waals surface area contributed by atoms with Gasteiger partial charge in [0.2, 0.25) is 0 Å². The van der Waals surface area contributed by atoms with Crippen LogP contribution in [0.1, 0.15) is 12.0 Å². The third kappa shape index (κ3) is 4.55. The molecule has 0 unspecified atom stereocenters. The molecule has 3 heterocycles. The maximum Gasteiger partial charge on any atom is 0.283 e. The van der Waals surface area contributed by atoms with Gasteiger partial charge in [0.05, 0.1) is 23.2 Å².